The van der Waals surface area contributed by atoms with Crippen molar-refractivity contribution < 1.29 is 32.9 Å². The van der Waals surface area contributed by atoms with Crippen LogP contribution in [0, 0.1) is 0 Å². The summed E-state index contributed by atoms with van der Waals surface area (Å²) in [5.74, 6) is -0.185. The van der Waals surface area contributed by atoms with E-state index in [-0.39, 0.29) is 19.1 Å². The first-order valence-corrected chi connectivity index (χ1v) is 36.0. The molecule has 0 heterocycles. The van der Waals surface area contributed by atoms with E-state index in [0.717, 1.165) is 44.9 Å². The van der Waals surface area contributed by atoms with Gasteiger partial charge in [-0.15, -0.1) is 0 Å². The molecule has 0 saturated heterocycles. The van der Waals surface area contributed by atoms with Crippen molar-refractivity contribution in [1.29, 1.82) is 0 Å². The van der Waals surface area contributed by atoms with Gasteiger partial charge >= 0.3 is 7.82 Å². The van der Waals surface area contributed by atoms with Gasteiger partial charge in [-0.25, -0.2) is 4.57 Å². The maximum atomic E-state index is 13.0. The second-order valence-corrected chi connectivity index (χ2v) is 26.3. The normalized spacial score (nSPS) is 14.0. The first kappa shape index (κ1) is 77.5. The lowest BCUT2D eigenvalue weighted by Gasteiger charge is -2.25. The summed E-state index contributed by atoms with van der Waals surface area (Å²) < 4.78 is 23.8. The first-order valence-electron chi connectivity index (χ1n) is 34.5. The molecule has 466 valence electrons. The molecule has 0 aromatic rings. The second kappa shape index (κ2) is 61.0. The number of unbranched alkanes of at least 4 members (excludes halogenated alkanes) is 45. The van der Waals surface area contributed by atoms with E-state index in [0.29, 0.717) is 17.4 Å². The van der Waals surface area contributed by atoms with Crippen molar-refractivity contribution in [3.05, 3.63) is 48.6 Å². The van der Waals surface area contributed by atoms with Crippen LogP contribution in [0.4, 0.5) is 0 Å². The molecule has 0 bridgehead atoms. The number of quaternary nitrogens is 1. The Morgan fingerprint density at radius 3 is 1.01 bits per heavy atom. The summed E-state index contributed by atoms with van der Waals surface area (Å²) in [6.07, 6.45) is 82.7. The second-order valence-electron chi connectivity index (χ2n) is 24.9. The van der Waals surface area contributed by atoms with Crippen molar-refractivity contribution >= 4 is 13.7 Å². The summed E-state index contributed by atoms with van der Waals surface area (Å²) in [4.78, 5) is 23.4. The summed E-state index contributed by atoms with van der Waals surface area (Å²) in [5, 5.41) is 14.0. The first-order chi connectivity index (χ1) is 38.5. The van der Waals surface area contributed by atoms with Gasteiger partial charge in [0.15, 0.2) is 0 Å². The van der Waals surface area contributed by atoms with Crippen LogP contribution in [-0.2, 0) is 18.4 Å². The number of hydrogen-bond acceptors (Lipinski definition) is 5. The third kappa shape index (κ3) is 63.9. The molecule has 0 aliphatic carbocycles. The number of likely N-dealkylation sites (N-methyl/N-ethyl adjacent to an activating group) is 1. The zero-order valence-corrected chi connectivity index (χ0v) is 54.3. The smallest absolute Gasteiger partial charge is 0.387 e. The van der Waals surface area contributed by atoms with E-state index < -0.39 is 20.0 Å². The van der Waals surface area contributed by atoms with E-state index in [1.807, 2.05) is 27.2 Å². The van der Waals surface area contributed by atoms with E-state index in [9.17, 15) is 19.4 Å². The van der Waals surface area contributed by atoms with E-state index in [4.69, 9.17) is 9.05 Å². The fraction of sp³-hybridized carbons (Fsp3) is 0.871. The van der Waals surface area contributed by atoms with Crippen molar-refractivity contribution in [1.82, 2.24) is 5.32 Å². The molecular formula is C70H136N2O6P+. The summed E-state index contributed by atoms with van der Waals surface area (Å²) in [6, 6.07) is -0.870. The summed E-state index contributed by atoms with van der Waals surface area (Å²) >= 11 is 0. The van der Waals surface area contributed by atoms with Crippen molar-refractivity contribution in [2.75, 3.05) is 40.9 Å². The number of amides is 1. The highest BCUT2D eigenvalue weighted by Crippen LogP contribution is 2.43. The summed E-state index contributed by atoms with van der Waals surface area (Å²) in [7, 11) is 1.56. The number of allylic oxidation sites excluding steroid dienone is 7. The molecule has 0 saturated carbocycles. The van der Waals surface area contributed by atoms with Crippen LogP contribution in [0.3, 0.4) is 0 Å². The molecule has 3 unspecified atom stereocenters. The molecule has 0 spiro atoms. The lowest BCUT2D eigenvalue weighted by molar-refractivity contribution is -0.870. The van der Waals surface area contributed by atoms with Crippen LogP contribution in [0.15, 0.2) is 48.6 Å². The molecule has 79 heavy (non-hydrogen) atoms. The van der Waals surface area contributed by atoms with Crippen LogP contribution < -0.4 is 5.32 Å². The number of carbonyl (C=O) groups is 1. The Kier molecular flexibility index (Phi) is 59.8. The quantitative estimate of drug-likeness (QED) is 0.0243. The molecule has 1 amide bonds. The predicted octanol–water partition coefficient (Wildman–Crippen LogP) is 21.8. The standard InChI is InChI=1S/C70H135N2O6P/c1-6-8-10-12-14-16-18-20-22-24-26-28-29-30-31-32-33-34-35-36-37-38-39-40-41-42-43-44-46-48-50-52-54-56-58-60-62-64-70(74)71-68(67-78-79(75,76)77-66-65-72(3,4)5)69(73)63-61-59-57-55-53-51-49-47-45-27-25-23-21-19-17-15-13-11-9-7-2/h24,26,45,47,53,55,61,63,68-69,73H,6-23,25,27-44,46,48-52,54,56-60,62,64-67H2,1-5H3,(H-,71,74,75,76)/p+1/b26-24-,47-45+,55-53+,63-61+. The number of carbonyl (C=O) groups excluding carboxylic acids is 1. The van der Waals surface area contributed by atoms with E-state index in [1.54, 1.807) is 6.08 Å². The molecule has 0 fully saturated rings. The van der Waals surface area contributed by atoms with Crippen LogP contribution in [0.1, 0.15) is 341 Å². The largest absolute Gasteiger partial charge is 0.472 e. The third-order valence-electron chi connectivity index (χ3n) is 15.7. The SMILES string of the molecule is CCCCCCCCCC/C=C\CCCCCCCCCCCCCCCCCCCCCCCCCCCC(=O)NC(COP(=O)(O)OCC[N+](C)(C)C)C(O)/C=C/CC/C=C/CC/C=C/CCCCCCCCCCCC. The van der Waals surface area contributed by atoms with Gasteiger partial charge in [-0.3, -0.25) is 13.8 Å². The monoisotopic (exact) mass is 1130 g/mol. The lowest BCUT2D eigenvalue weighted by Crippen LogP contribution is -2.45. The highest BCUT2D eigenvalue weighted by atomic mass is 31.2. The fourth-order valence-corrected chi connectivity index (χ4v) is 11.1. The molecule has 3 atom stereocenters. The number of nitrogens with one attached hydrogen (secondary N) is 1. The molecule has 0 aliphatic heterocycles. The number of aliphatic hydroxyl groups excluding tert-OH is 1. The average Bonchev–Trinajstić information content (AvgIpc) is 3.42. The number of rotatable bonds is 64. The van der Waals surface area contributed by atoms with Gasteiger partial charge in [0.05, 0.1) is 39.9 Å². The van der Waals surface area contributed by atoms with Crippen LogP contribution in [-0.4, -0.2) is 73.4 Å². The Balaban J connectivity index is 4.00. The Morgan fingerprint density at radius 1 is 0.418 bits per heavy atom. The highest BCUT2D eigenvalue weighted by Gasteiger charge is 2.28. The number of hydrogen-bond donors (Lipinski definition) is 3. The zero-order chi connectivity index (χ0) is 57.7. The molecule has 0 aromatic heterocycles. The molecule has 0 rings (SSSR count). The molecular weight excluding hydrogens is 996 g/mol. The molecule has 9 heteroatoms. The molecule has 0 aliphatic rings. The van der Waals surface area contributed by atoms with Crippen molar-refractivity contribution in [2.24, 2.45) is 0 Å². The number of phosphoric acid groups is 1. The third-order valence-corrected chi connectivity index (χ3v) is 16.7. The van der Waals surface area contributed by atoms with Gasteiger partial charge in [-0.05, 0) is 70.6 Å². The minimum Gasteiger partial charge on any atom is -0.387 e. The maximum Gasteiger partial charge on any atom is 0.472 e. The van der Waals surface area contributed by atoms with Crippen molar-refractivity contribution in [3.8, 4) is 0 Å². The van der Waals surface area contributed by atoms with E-state index >= 15 is 0 Å². The van der Waals surface area contributed by atoms with Gasteiger partial charge in [0.1, 0.15) is 13.2 Å². The average molecular weight is 1130 g/mol. The van der Waals surface area contributed by atoms with Gasteiger partial charge in [-0.2, -0.15) is 0 Å². The molecule has 0 aromatic carbocycles. The van der Waals surface area contributed by atoms with E-state index in [2.05, 4.69) is 55.6 Å². The molecule has 3 N–H and O–H groups in total. The molecule has 0 radical (unpaired) electrons. The van der Waals surface area contributed by atoms with Gasteiger partial charge in [0.25, 0.3) is 0 Å². The van der Waals surface area contributed by atoms with E-state index in [1.165, 1.54) is 276 Å². The number of phosphoric ester groups is 1. The van der Waals surface area contributed by atoms with Crippen LogP contribution in [0.2, 0.25) is 0 Å². The Hall–Kier alpha value is -1.54. The van der Waals surface area contributed by atoms with Crippen LogP contribution in [0.25, 0.3) is 0 Å². The minimum atomic E-state index is -4.36. The Labute approximate surface area is 492 Å². The fourth-order valence-electron chi connectivity index (χ4n) is 10.4. The highest BCUT2D eigenvalue weighted by molar-refractivity contribution is 7.47. The van der Waals surface area contributed by atoms with Gasteiger partial charge in [0, 0.05) is 6.42 Å². The maximum absolute atomic E-state index is 13.0. The van der Waals surface area contributed by atoms with Crippen molar-refractivity contribution in [3.63, 3.8) is 0 Å². The number of nitrogens with zero attached hydrogens (tertiary/aromatic N) is 1. The van der Waals surface area contributed by atoms with Crippen LogP contribution in [0.5, 0.6) is 0 Å². The zero-order valence-electron chi connectivity index (χ0n) is 53.4. The van der Waals surface area contributed by atoms with Gasteiger partial charge in [-0.1, -0.05) is 313 Å². The Bertz CT molecular complexity index is 1430. The Morgan fingerprint density at radius 2 is 0.696 bits per heavy atom. The minimum absolute atomic E-state index is 0.0545. The predicted molar refractivity (Wildman–Crippen MR) is 346 cm³/mol. The summed E-state index contributed by atoms with van der Waals surface area (Å²) in [5.41, 5.74) is 0. The number of aliphatic hydroxyl groups is 1. The van der Waals surface area contributed by atoms with Crippen molar-refractivity contribution in [2.45, 2.75) is 353 Å². The van der Waals surface area contributed by atoms with Gasteiger partial charge < -0.3 is 19.8 Å². The molecule has 8 nitrogen and oxygen atoms in total. The van der Waals surface area contributed by atoms with Gasteiger partial charge in [0.2, 0.25) is 5.91 Å². The van der Waals surface area contributed by atoms with Crippen LogP contribution >= 0.6 is 7.82 Å². The topological polar surface area (TPSA) is 105 Å². The summed E-state index contributed by atoms with van der Waals surface area (Å²) in [6.45, 7) is 4.83. The lowest BCUT2D eigenvalue weighted by atomic mass is 10.0.